The number of hydrogen-bond donors (Lipinski definition) is 1. The molecule has 0 aromatic heterocycles. The lowest BCUT2D eigenvalue weighted by atomic mass is 9.75. The van der Waals surface area contributed by atoms with E-state index in [0.717, 1.165) is 0 Å². The maximum absolute atomic E-state index is 11.7. The first-order valence-electron chi connectivity index (χ1n) is 5.52. The Bertz CT molecular complexity index is 290. The van der Waals surface area contributed by atoms with Crippen LogP contribution in [0.2, 0.25) is 0 Å². The van der Waals surface area contributed by atoms with E-state index in [1.807, 2.05) is 32.6 Å². The first kappa shape index (κ1) is 10.9. The highest BCUT2D eigenvalue weighted by molar-refractivity contribution is 5.86. The average molecular weight is 213 g/mol. The molecule has 0 saturated carbocycles. The monoisotopic (exact) mass is 213 g/mol. The van der Waals surface area contributed by atoms with Crippen LogP contribution in [0.3, 0.4) is 0 Å². The lowest BCUT2D eigenvalue weighted by molar-refractivity contribution is -0.275. The average Bonchev–Trinajstić information content (AvgIpc) is 2.18. The molecular formula is C11H19NO3. The van der Waals surface area contributed by atoms with Gasteiger partial charge in [-0.15, -0.1) is 0 Å². The molecule has 1 N–H and O–H groups in total. The fraction of sp³-hybridized carbons (Fsp3) is 0.909. The Hall–Kier alpha value is -0.610. The molecule has 0 aromatic rings. The van der Waals surface area contributed by atoms with Crippen LogP contribution in [0.5, 0.6) is 0 Å². The smallest absolute Gasteiger partial charge is 0.230 e. The molecule has 4 atom stereocenters. The molecular weight excluding hydrogens is 194 g/mol. The van der Waals surface area contributed by atoms with Gasteiger partial charge >= 0.3 is 0 Å². The molecule has 2 saturated heterocycles. The number of ether oxygens (including phenoxy) is 1. The lowest BCUT2D eigenvalue weighted by Crippen LogP contribution is -2.75. The molecule has 4 nitrogen and oxygen atoms in total. The standard InChI is InChI=1S/C11H19NO3/c1-6-8(5-13)15-11(3,4)12-9(6)7(2)10(12)14/h6-9,13H,5H2,1-4H3. The van der Waals surface area contributed by atoms with Crippen molar-refractivity contribution < 1.29 is 14.6 Å². The van der Waals surface area contributed by atoms with Gasteiger partial charge in [-0.25, -0.2) is 0 Å². The molecule has 0 spiro atoms. The number of carbonyl (C=O) groups is 1. The number of fused-ring (bicyclic) bond motifs is 1. The fourth-order valence-electron chi connectivity index (χ4n) is 2.93. The van der Waals surface area contributed by atoms with Gasteiger partial charge < -0.3 is 14.7 Å². The van der Waals surface area contributed by atoms with Crippen molar-refractivity contribution in [1.29, 1.82) is 0 Å². The van der Waals surface area contributed by atoms with E-state index in [4.69, 9.17) is 4.74 Å². The Morgan fingerprint density at radius 2 is 2.07 bits per heavy atom. The lowest BCUT2D eigenvalue weighted by Gasteiger charge is -2.61. The van der Waals surface area contributed by atoms with Crippen molar-refractivity contribution in [1.82, 2.24) is 4.90 Å². The van der Waals surface area contributed by atoms with Crippen molar-refractivity contribution >= 4 is 5.91 Å². The molecule has 0 aromatic carbocycles. The van der Waals surface area contributed by atoms with Gasteiger partial charge in [-0.05, 0) is 13.8 Å². The summed E-state index contributed by atoms with van der Waals surface area (Å²) in [6.07, 6.45) is -0.156. The summed E-state index contributed by atoms with van der Waals surface area (Å²) >= 11 is 0. The highest BCUT2D eigenvalue weighted by Crippen LogP contribution is 2.44. The van der Waals surface area contributed by atoms with E-state index in [1.54, 1.807) is 0 Å². The second kappa shape index (κ2) is 3.19. The number of nitrogens with zero attached hydrogens (tertiary/aromatic N) is 1. The van der Waals surface area contributed by atoms with Crippen molar-refractivity contribution in [2.75, 3.05) is 6.61 Å². The van der Waals surface area contributed by atoms with E-state index in [1.165, 1.54) is 0 Å². The van der Waals surface area contributed by atoms with Gasteiger partial charge in [0.25, 0.3) is 0 Å². The van der Waals surface area contributed by atoms with Crippen LogP contribution in [0.4, 0.5) is 0 Å². The van der Waals surface area contributed by atoms with Gasteiger partial charge in [0.2, 0.25) is 5.91 Å². The Kier molecular flexibility index (Phi) is 2.32. The summed E-state index contributed by atoms with van der Waals surface area (Å²) in [4.78, 5) is 13.5. The third-order valence-electron chi connectivity index (χ3n) is 3.76. The Morgan fingerprint density at radius 1 is 1.47 bits per heavy atom. The van der Waals surface area contributed by atoms with Crippen LogP contribution in [-0.2, 0) is 9.53 Å². The van der Waals surface area contributed by atoms with Gasteiger partial charge in [-0.3, -0.25) is 4.79 Å². The zero-order valence-electron chi connectivity index (χ0n) is 9.73. The Morgan fingerprint density at radius 3 is 2.60 bits per heavy atom. The fourth-order valence-corrected chi connectivity index (χ4v) is 2.93. The largest absolute Gasteiger partial charge is 0.394 e. The van der Waals surface area contributed by atoms with Gasteiger partial charge in [0.05, 0.1) is 24.7 Å². The molecule has 1 amide bonds. The third kappa shape index (κ3) is 1.31. The molecule has 4 unspecified atom stereocenters. The van der Waals surface area contributed by atoms with Crippen LogP contribution >= 0.6 is 0 Å². The Labute approximate surface area is 90.2 Å². The van der Waals surface area contributed by atoms with Crippen molar-refractivity contribution in [3.05, 3.63) is 0 Å². The van der Waals surface area contributed by atoms with E-state index >= 15 is 0 Å². The first-order chi connectivity index (χ1) is 6.90. The molecule has 2 heterocycles. The molecule has 4 heteroatoms. The van der Waals surface area contributed by atoms with E-state index in [-0.39, 0.29) is 36.5 Å². The summed E-state index contributed by atoms with van der Waals surface area (Å²) in [5.74, 6) is 0.432. The van der Waals surface area contributed by atoms with Gasteiger partial charge in [-0.1, -0.05) is 13.8 Å². The normalized spacial score (nSPS) is 43.5. The second-order valence-electron chi connectivity index (χ2n) is 5.13. The minimum absolute atomic E-state index is 0.0237. The van der Waals surface area contributed by atoms with Gasteiger partial charge in [0, 0.05) is 5.92 Å². The van der Waals surface area contributed by atoms with Crippen LogP contribution in [0.1, 0.15) is 27.7 Å². The summed E-state index contributed by atoms with van der Waals surface area (Å²) in [6, 6.07) is 0.221. The number of rotatable bonds is 1. The van der Waals surface area contributed by atoms with Crippen molar-refractivity contribution in [3.63, 3.8) is 0 Å². The molecule has 0 radical (unpaired) electrons. The van der Waals surface area contributed by atoms with Crippen LogP contribution in [0, 0.1) is 11.8 Å². The molecule has 0 bridgehead atoms. The van der Waals surface area contributed by atoms with Gasteiger partial charge in [-0.2, -0.15) is 0 Å². The SMILES string of the molecule is CC1C(=O)N2C1C(C)C(CO)OC2(C)C. The minimum atomic E-state index is -0.575. The maximum Gasteiger partial charge on any atom is 0.230 e. The number of amides is 1. The number of aliphatic hydroxyl groups is 1. The topological polar surface area (TPSA) is 49.8 Å². The molecule has 2 fully saturated rings. The summed E-state index contributed by atoms with van der Waals surface area (Å²) in [5.41, 5.74) is -0.575. The summed E-state index contributed by atoms with van der Waals surface area (Å²) in [6.45, 7) is 7.79. The van der Waals surface area contributed by atoms with E-state index < -0.39 is 5.72 Å². The van der Waals surface area contributed by atoms with Crippen molar-refractivity contribution in [2.45, 2.75) is 45.6 Å². The van der Waals surface area contributed by atoms with Crippen molar-refractivity contribution in [2.24, 2.45) is 11.8 Å². The summed E-state index contributed by atoms with van der Waals surface area (Å²) < 4.78 is 5.74. The number of β-lactam (4-membered cyclic amide) rings is 1. The van der Waals surface area contributed by atoms with Crippen LogP contribution < -0.4 is 0 Å². The van der Waals surface area contributed by atoms with E-state index in [0.29, 0.717) is 0 Å². The highest BCUT2D eigenvalue weighted by Gasteiger charge is 2.58. The first-order valence-corrected chi connectivity index (χ1v) is 5.52. The molecule has 2 rings (SSSR count). The molecule has 86 valence electrons. The number of hydrogen-bond acceptors (Lipinski definition) is 3. The second-order valence-corrected chi connectivity index (χ2v) is 5.13. The molecule has 0 aliphatic carbocycles. The molecule has 2 aliphatic heterocycles. The minimum Gasteiger partial charge on any atom is -0.394 e. The predicted molar refractivity (Wildman–Crippen MR) is 55.0 cm³/mol. The summed E-state index contributed by atoms with van der Waals surface area (Å²) in [5, 5.41) is 9.25. The number of carbonyl (C=O) groups excluding carboxylic acids is 1. The number of aliphatic hydroxyl groups excluding tert-OH is 1. The summed E-state index contributed by atoms with van der Waals surface area (Å²) in [7, 11) is 0. The van der Waals surface area contributed by atoms with Crippen molar-refractivity contribution in [3.8, 4) is 0 Å². The van der Waals surface area contributed by atoms with Crippen LogP contribution in [0.15, 0.2) is 0 Å². The Balaban J connectivity index is 2.26. The molecule has 15 heavy (non-hydrogen) atoms. The van der Waals surface area contributed by atoms with Crippen LogP contribution in [0.25, 0.3) is 0 Å². The van der Waals surface area contributed by atoms with Gasteiger partial charge in [0.15, 0.2) is 0 Å². The zero-order chi connectivity index (χ0) is 11.4. The van der Waals surface area contributed by atoms with E-state index in [9.17, 15) is 9.90 Å². The quantitative estimate of drug-likeness (QED) is 0.649. The van der Waals surface area contributed by atoms with Gasteiger partial charge in [0.1, 0.15) is 5.72 Å². The maximum atomic E-state index is 11.7. The molecule has 2 aliphatic rings. The third-order valence-corrected chi connectivity index (χ3v) is 3.76. The zero-order valence-corrected chi connectivity index (χ0v) is 9.73. The predicted octanol–water partition coefficient (Wildman–Crippen LogP) is 0.597. The highest BCUT2D eigenvalue weighted by atomic mass is 16.5. The van der Waals surface area contributed by atoms with Crippen LogP contribution in [-0.4, -0.2) is 40.4 Å². The van der Waals surface area contributed by atoms with E-state index in [2.05, 4.69) is 0 Å².